The number of rotatable bonds is 7. The maximum absolute atomic E-state index is 9.01. The molecule has 5 heteroatoms. The average molecular weight is 241 g/mol. The van der Waals surface area contributed by atoms with Gasteiger partial charge in [-0.05, 0) is 27.7 Å². The van der Waals surface area contributed by atoms with Gasteiger partial charge in [-0.1, -0.05) is 0 Å². The van der Waals surface area contributed by atoms with E-state index in [9.17, 15) is 0 Å². The molecule has 1 unspecified atom stereocenters. The number of aliphatic hydroxyl groups excluding tert-OH is 1. The van der Waals surface area contributed by atoms with Crippen molar-refractivity contribution in [3.8, 4) is 0 Å². The molecule has 0 spiro atoms. The van der Waals surface area contributed by atoms with E-state index >= 15 is 0 Å². The highest BCUT2D eigenvalue weighted by molar-refractivity contribution is 5.47. The van der Waals surface area contributed by atoms with Gasteiger partial charge < -0.3 is 15.2 Å². The molecular weight excluding hydrogens is 218 g/mol. The number of aryl methyl sites for hydroxylation is 1. The lowest BCUT2D eigenvalue weighted by Crippen LogP contribution is -2.24. The first kappa shape index (κ1) is 14.0. The fraction of sp³-hybridized carbons (Fsp3) is 0.750. The van der Waals surface area contributed by atoms with E-state index in [1.807, 2.05) is 25.5 Å². The molecule has 1 atom stereocenters. The van der Waals surface area contributed by atoms with Crippen molar-refractivity contribution in [1.82, 2.24) is 9.78 Å². The van der Waals surface area contributed by atoms with Crippen molar-refractivity contribution < 1.29 is 9.84 Å². The minimum atomic E-state index is 0.0923. The molecule has 1 aromatic rings. The van der Waals surface area contributed by atoms with E-state index in [4.69, 9.17) is 9.84 Å². The number of ether oxygens (including phenoxy) is 1. The summed E-state index contributed by atoms with van der Waals surface area (Å²) in [6, 6.07) is 0.224. The first-order valence-electron chi connectivity index (χ1n) is 6.09. The van der Waals surface area contributed by atoms with Crippen molar-refractivity contribution in [3.63, 3.8) is 0 Å². The Kier molecular flexibility index (Phi) is 5.44. The topological polar surface area (TPSA) is 59.3 Å². The molecule has 0 bridgehead atoms. The summed E-state index contributed by atoms with van der Waals surface area (Å²) in [5.41, 5.74) is 2.12. The maximum atomic E-state index is 9.01. The standard InChI is InChI=1S/C12H23N3O2/c1-5-17-8-9(2)13-12-10(3)11(4)14-15(12)6-7-16/h9,13,16H,5-8H2,1-4H3. The molecular formula is C12H23N3O2. The number of aromatic nitrogens is 2. The molecule has 0 aromatic carbocycles. The van der Waals surface area contributed by atoms with Gasteiger partial charge in [-0.25, -0.2) is 4.68 Å². The van der Waals surface area contributed by atoms with E-state index in [0.29, 0.717) is 13.2 Å². The summed E-state index contributed by atoms with van der Waals surface area (Å²) in [6.07, 6.45) is 0. The third kappa shape index (κ3) is 3.71. The number of anilines is 1. The third-order valence-electron chi connectivity index (χ3n) is 2.69. The quantitative estimate of drug-likeness (QED) is 0.756. The Morgan fingerprint density at radius 2 is 2.18 bits per heavy atom. The second-order valence-electron chi connectivity index (χ2n) is 4.21. The van der Waals surface area contributed by atoms with Crippen LogP contribution in [0.25, 0.3) is 0 Å². The summed E-state index contributed by atoms with van der Waals surface area (Å²) in [5, 5.41) is 16.8. The molecule has 0 aliphatic rings. The summed E-state index contributed by atoms with van der Waals surface area (Å²) in [7, 11) is 0. The Balaban J connectivity index is 2.74. The normalized spacial score (nSPS) is 12.8. The Morgan fingerprint density at radius 3 is 2.76 bits per heavy atom. The van der Waals surface area contributed by atoms with E-state index < -0.39 is 0 Å². The highest BCUT2D eigenvalue weighted by atomic mass is 16.5. The average Bonchev–Trinajstić information content (AvgIpc) is 2.55. The zero-order valence-electron chi connectivity index (χ0n) is 11.2. The molecule has 1 aromatic heterocycles. The lowest BCUT2D eigenvalue weighted by Gasteiger charge is -2.16. The molecule has 1 rings (SSSR count). The monoisotopic (exact) mass is 241 g/mol. The lowest BCUT2D eigenvalue weighted by molar-refractivity contribution is 0.141. The second-order valence-corrected chi connectivity index (χ2v) is 4.21. The molecule has 17 heavy (non-hydrogen) atoms. The Morgan fingerprint density at radius 1 is 1.47 bits per heavy atom. The zero-order chi connectivity index (χ0) is 12.8. The van der Waals surface area contributed by atoms with Gasteiger partial charge in [0.25, 0.3) is 0 Å². The minimum Gasteiger partial charge on any atom is -0.394 e. The predicted molar refractivity (Wildman–Crippen MR) is 68.4 cm³/mol. The fourth-order valence-electron chi connectivity index (χ4n) is 1.68. The van der Waals surface area contributed by atoms with Crippen LogP contribution in [0, 0.1) is 13.8 Å². The number of nitrogens with one attached hydrogen (secondary N) is 1. The van der Waals surface area contributed by atoms with Gasteiger partial charge in [-0.2, -0.15) is 5.10 Å². The molecule has 0 saturated carbocycles. The first-order valence-corrected chi connectivity index (χ1v) is 6.09. The summed E-state index contributed by atoms with van der Waals surface area (Å²) in [4.78, 5) is 0. The predicted octanol–water partition coefficient (Wildman–Crippen LogP) is 1.33. The molecule has 0 radical (unpaired) electrons. The molecule has 0 fully saturated rings. The molecule has 1 heterocycles. The van der Waals surface area contributed by atoms with Crippen molar-refractivity contribution in [2.75, 3.05) is 25.1 Å². The highest BCUT2D eigenvalue weighted by Gasteiger charge is 2.13. The van der Waals surface area contributed by atoms with Crippen LogP contribution in [0.5, 0.6) is 0 Å². The van der Waals surface area contributed by atoms with Crippen molar-refractivity contribution in [2.24, 2.45) is 0 Å². The molecule has 0 aliphatic carbocycles. The summed E-state index contributed by atoms with van der Waals surface area (Å²) < 4.78 is 7.19. The van der Waals surface area contributed by atoms with Gasteiger partial charge in [0.1, 0.15) is 5.82 Å². The van der Waals surface area contributed by atoms with Crippen LogP contribution in [0.1, 0.15) is 25.1 Å². The van der Waals surface area contributed by atoms with E-state index in [1.54, 1.807) is 0 Å². The number of hydrogen-bond acceptors (Lipinski definition) is 4. The molecule has 5 nitrogen and oxygen atoms in total. The zero-order valence-corrected chi connectivity index (χ0v) is 11.2. The maximum Gasteiger partial charge on any atom is 0.127 e. The van der Waals surface area contributed by atoms with Gasteiger partial charge in [-0.15, -0.1) is 0 Å². The van der Waals surface area contributed by atoms with Crippen LogP contribution >= 0.6 is 0 Å². The van der Waals surface area contributed by atoms with Crippen molar-refractivity contribution in [3.05, 3.63) is 11.3 Å². The smallest absolute Gasteiger partial charge is 0.127 e. The van der Waals surface area contributed by atoms with Gasteiger partial charge in [0, 0.05) is 18.2 Å². The van der Waals surface area contributed by atoms with Crippen LogP contribution in [0.3, 0.4) is 0 Å². The van der Waals surface area contributed by atoms with E-state index in [-0.39, 0.29) is 12.6 Å². The fourth-order valence-corrected chi connectivity index (χ4v) is 1.68. The SMILES string of the molecule is CCOCC(C)Nc1c(C)c(C)nn1CCO. The van der Waals surface area contributed by atoms with Gasteiger partial charge >= 0.3 is 0 Å². The van der Waals surface area contributed by atoms with Crippen LogP contribution in [-0.2, 0) is 11.3 Å². The first-order chi connectivity index (χ1) is 8.10. The summed E-state index contributed by atoms with van der Waals surface area (Å²) in [5.74, 6) is 0.976. The van der Waals surface area contributed by atoms with Gasteiger partial charge in [0.05, 0.1) is 25.5 Å². The van der Waals surface area contributed by atoms with Gasteiger partial charge in [0.15, 0.2) is 0 Å². The summed E-state index contributed by atoms with van der Waals surface area (Å²) >= 11 is 0. The number of hydrogen-bond donors (Lipinski definition) is 2. The van der Waals surface area contributed by atoms with Crippen LogP contribution in [0.2, 0.25) is 0 Å². The van der Waals surface area contributed by atoms with Crippen LogP contribution in [0.15, 0.2) is 0 Å². The Bertz CT molecular complexity index is 350. The van der Waals surface area contributed by atoms with Crippen molar-refractivity contribution in [1.29, 1.82) is 0 Å². The highest BCUT2D eigenvalue weighted by Crippen LogP contribution is 2.19. The summed E-state index contributed by atoms with van der Waals surface area (Å²) in [6.45, 7) is 10.1. The Labute approximate surface area is 103 Å². The van der Waals surface area contributed by atoms with Crippen LogP contribution in [0.4, 0.5) is 5.82 Å². The van der Waals surface area contributed by atoms with E-state index in [1.165, 1.54) is 0 Å². The minimum absolute atomic E-state index is 0.0923. The third-order valence-corrected chi connectivity index (χ3v) is 2.69. The van der Waals surface area contributed by atoms with Crippen LogP contribution in [-0.4, -0.2) is 40.7 Å². The second kappa shape index (κ2) is 6.61. The molecule has 2 N–H and O–H groups in total. The largest absolute Gasteiger partial charge is 0.394 e. The van der Waals surface area contributed by atoms with Gasteiger partial charge in [-0.3, -0.25) is 0 Å². The van der Waals surface area contributed by atoms with Gasteiger partial charge in [0.2, 0.25) is 0 Å². The number of aliphatic hydroxyl groups is 1. The molecule has 0 saturated heterocycles. The van der Waals surface area contributed by atoms with Crippen LogP contribution < -0.4 is 5.32 Å². The van der Waals surface area contributed by atoms with E-state index in [2.05, 4.69) is 17.3 Å². The lowest BCUT2D eigenvalue weighted by atomic mass is 10.2. The number of nitrogens with zero attached hydrogens (tertiary/aromatic N) is 2. The Hall–Kier alpha value is -1.07. The molecule has 0 amide bonds. The van der Waals surface area contributed by atoms with E-state index in [0.717, 1.165) is 23.7 Å². The van der Waals surface area contributed by atoms with Crippen molar-refractivity contribution >= 4 is 5.82 Å². The molecule has 0 aliphatic heterocycles. The molecule has 98 valence electrons. The van der Waals surface area contributed by atoms with Crippen molar-refractivity contribution in [2.45, 2.75) is 40.3 Å².